The molecule has 0 N–H and O–H groups in total. The number of furan rings is 1. The van der Waals surface area contributed by atoms with Crippen LogP contribution in [-0.2, 0) is 20.1 Å². The van der Waals surface area contributed by atoms with Crippen LogP contribution in [0.1, 0.15) is 66.0 Å². The Bertz CT molecular complexity index is 2850. The summed E-state index contributed by atoms with van der Waals surface area (Å²) in [6.45, 7) is 8.95. The van der Waals surface area contributed by atoms with Crippen LogP contribution in [-0.4, -0.2) is 19.5 Å². The molecule has 0 amide bonds. The Labute approximate surface area is 332 Å². The van der Waals surface area contributed by atoms with Crippen molar-refractivity contribution in [1.29, 1.82) is 0 Å². The molecular weight excluding hydrogens is 848 g/mol. The number of pyridine rings is 2. The molecule has 4 aromatic heterocycles. The van der Waals surface area contributed by atoms with Crippen molar-refractivity contribution in [3.05, 3.63) is 156 Å². The number of fused-ring (bicyclic) bond motifs is 6. The van der Waals surface area contributed by atoms with E-state index < -0.39 is 6.85 Å². The van der Waals surface area contributed by atoms with Gasteiger partial charge in [0.15, 0.2) is 0 Å². The largest absolute Gasteiger partial charge is 0.501 e. The Hall–Kier alpha value is -5.49. The summed E-state index contributed by atoms with van der Waals surface area (Å²) in [6.07, 6.45) is 1.31. The van der Waals surface area contributed by atoms with Crippen LogP contribution in [0.3, 0.4) is 0 Å². The van der Waals surface area contributed by atoms with E-state index in [0.29, 0.717) is 23.1 Å². The van der Waals surface area contributed by atoms with Gasteiger partial charge < -0.3 is 14.0 Å². The molecule has 0 bridgehead atoms. The second kappa shape index (κ2) is 15.1. The predicted octanol–water partition coefficient (Wildman–Crippen LogP) is 12.5. The van der Waals surface area contributed by atoms with Crippen molar-refractivity contribution in [3.8, 4) is 28.3 Å². The molecule has 5 aromatic carbocycles. The number of rotatable bonds is 5. The Balaban J connectivity index is 0.000000232. The van der Waals surface area contributed by atoms with Crippen LogP contribution < -0.4 is 0 Å². The van der Waals surface area contributed by atoms with Crippen LogP contribution >= 0.6 is 0 Å². The number of hydrogen-bond acceptors (Lipinski definition) is 4. The van der Waals surface area contributed by atoms with Crippen LogP contribution in [0.4, 0.5) is 4.39 Å². The summed E-state index contributed by atoms with van der Waals surface area (Å²) in [5, 5.41) is 3.25. The first-order valence-electron chi connectivity index (χ1n) is 19.3. The molecule has 0 atom stereocenters. The zero-order chi connectivity index (χ0) is 39.3. The van der Waals surface area contributed by atoms with E-state index in [1.54, 1.807) is 12.1 Å². The first-order chi connectivity index (χ1) is 26.9. The molecule has 0 aliphatic rings. The van der Waals surface area contributed by atoms with E-state index in [-0.39, 0.29) is 31.5 Å². The number of aromatic nitrogens is 4. The van der Waals surface area contributed by atoms with Gasteiger partial charge in [-0.25, -0.2) is 0 Å². The molecule has 0 aliphatic heterocycles. The van der Waals surface area contributed by atoms with Crippen LogP contribution in [0, 0.1) is 31.7 Å². The monoisotopic (exact) mass is 890 g/mol. The Morgan fingerprint density at radius 2 is 1.52 bits per heavy atom. The molecular formula is C47H39FIrN4O-2. The van der Waals surface area contributed by atoms with Crippen molar-refractivity contribution < 1.29 is 33.0 Å². The Morgan fingerprint density at radius 1 is 0.778 bits per heavy atom. The second-order valence-electron chi connectivity index (χ2n) is 13.8. The standard InChI is InChI=1S/C35H30N3O.C12H9FN.Ir/c1-20(2)23-14-10-15-24(21(3)4)32(23)38-33-27-13-6-8-18-29(27)36-22(5)31(33)37-35(38)28-17-11-16-26-25-12-7-9-19-30(25)39-34(26)28;1-9-2-7-12(14-8-9)10-3-5-11(13)6-4-10;/h6-16,18-21H,1-5H3;2-3,5-8H,1H3;/q2*-1;/i;1D3;. The SMILES string of the molecule is Cc1nc2ccccc2c2c1nc(-c1[c-]ccc3c1oc1ccccc13)n2-c1c(C(C)C)cccc1C(C)C.[2H]C([2H])([2H])c1ccc(-c2[c-]cc(F)cc2)nc1.[Ir]. The maximum Gasteiger partial charge on any atom is 0.120 e. The van der Waals surface area contributed by atoms with Crippen LogP contribution in [0.2, 0.25) is 0 Å². The fourth-order valence-electron chi connectivity index (χ4n) is 7.06. The minimum absolute atomic E-state index is 0. The molecule has 54 heavy (non-hydrogen) atoms. The second-order valence-corrected chi connectivity index (χ2v) is 13.8. The number of benzene rings is 5. The van der Waals surface area contributed by atoms with Gasteiger partial charge in [0.2, 0.25) is 0 Å². The molecule has 7 heteroatoms. The minimum Gasteiger partial charge on any atom is -0.501 e. The summed E-state index contributed by atoms with van der Waals surface area (Å²) >= 11 is 0. The van der Waals surface area contributed by atoms with Gasteiger partial charge in [-0.3, -0.25) is 14.4 Å². The summed E-state index contributed by atoms with van der Waals surface area (Å²) in [7, 11) is 0. The van der Waals surface area contributed by atoms with Gasteiger partial charge in [-0.15, -0.1) is 48.0 Å². The quantitative estimate of drug-likeness (QED) is 0.162. The fraction of sp³-hybridized carbons (Fsp3) is 0.170. The molecule has 0 aliphatic carbocycles. The number of halogens is 1. The first-order valence-corrected chi connectivity index (χ1v) is 17.8. The molecule has 5 nitrogen and oxygen atoms in total. The van der Waals surface area contributed by atoms with Crippen molar-refractivity contribution >= 4 is 43.9 Å². The minimum atomic E-state index is -2.15. The number of nitrogens with zero attached hydrogens (tertiary/aromatic N) is 4. The molecule has 0 unspecified atom stereocenters. The van der Waals surface area contributed by atoms with E-state index in [0.717, 1.165) is 61.0 Å². The van der Waals surface area contributed by atoms with E-state index >= 15 is 0 Å². The summed E-state index contributed by atoms with van der Waals surface area (Å²) in [4.78, 5) is 14.3. The Kier molecular flexibility index (Phi) is 9.25. The molecule has 1 radical (unpaired) electrons. The molecule has 0 spiro atoms. The van der Waals surface area contributed by atoms with Gasteiger partial charge in [0, 0.05) is 52.7 Å². The predicted molar refractivity (Wildman–Crippen MR) is 214 cm³/mol. The van der Waals surface area contributed by atoms with Gasteiger partial charge in [-0.05, 0) is 60.1 Å². The topological polar surface area (TPSA) is 56.7 Å². The van der Waals surface area contributed by atoms with Crippen LogP contribution in [0.15, 0.2) is 120 Å². The fourth-order valence-corrected chi connectivity index (χ4v) is 7.06. The van der Waals surface area contributed by atoms with Gasteiger partial charge in [-0.1, -0.05) is 105 Å². The summed E-state index contributed by atoms with van der Waals surface area (Å²) < 4.78 is 43.2. The molecule has 0 saturated carbocycles. The number of aryl methyl sites for hydroxylation is 2. The average Bonchev–Trinajstić information content (AvgIpc) is 3.78. The Morgan fingerprint density at radius 3 is 2.20 bits per heavy atom. The van der Waals surface area contributed by atoms with Crippen LogP contribution in [0.25, 0.3) is 72.2 Å². The van der Waals surface area contributed by atoms with Crippen molar-refractivity contribution in [3.63, 3.8) is 0 Å². The van der Waals surface area contributed by atoms with Gasteiger partial charge in [0.05, 0.1) is 33.7 Å². The number of imidazole rings is 1. The third-order valence-corrected chi connectivity index (χ3v) is 9.61. The third kappa shape index (κ3) is 6.63. The van der Waals surface area contributed by atoms with Crippen molar-refractivity contribution in [2.24, 2.45) is 0 Å². The molecule has 0 fully saturated rings. The van der Waals surface area contributed by atoms with Gasteiger partial charge in [-0.2, -0.15) is 0 Å². The van der Waals surface area contributed by atoms with Gasteiger partial charge >= 0.3 is 0 Å². The average molecular weight is 890 g/mol. The first kappa shape index (κ1) is 33.1. The van der Waals surface area contributed by atoms with E-state index in [2.05, 4.69) is 111 Å². The number of para-hydroxylation sites is 3. The zero-order valence-corrected chi connectivity index (χ0v) is 32.9. The summed E-state index contributed by atoms with van der Waals surface area (Å²) in [5.74, 6) is 1.10. The van der Waals surface area contributed by atoms with Crippen molar-refractivity contribution in [1.82, 2.24) is 19.5 Å². The van der Waals surface area contributed by atoms with Crippen LogP contribution in [0.5, 0.6) is 0 Å². The normalized spacial score (nSPS) is 12.5. The maximum absolute atomic E-state index is 12.7. The van der Waals surface area contributed by atoms with Gasteiger partial charge in [0.1, 0.15) is 5.58 Å². The molecule has 9 rings (SSSR count). The van der Waals surface area contributed by atoms with E-state index in [1.165, 1.54) is 41.2 Å². The molecule has 9 aromatic rings. The van der Waals surface area contributed by atoms with Crippen molar-refractivity contribution in [2.75, 3.05) is 0 Å². The molecule has 0 saturated heterocycles. The zero-order valence-electron chi connectivity index (χ0n) is 33.5. The van der Waals surface area contributed by atoms with Crippen molar-refractivity contribution in [2.45, 2.75) is 53.3 Å². The molecule has 271 valence electrons. The van der Waals surface area contributed by atoms with Gasteiger partial charge in [0.25, 0.3) is 0 Å². The maximum atomic E-state index is 12.7. The van der Waals surface area contributed by atoms with E-state index in [4.69, 9.17) is 18.5 Å². The van der Waals surface area contributed by atoms with E-state index in [1.807, 2.05) is 24.3 Å². The molecule has 4 heterocycles. The van der Waals surface area contributed by atoms with E-state index in [9.17, 15) is 4.39 Å². The summed E-state index contributed by atoms with van der Waals surface area (Å²) in [5.41, 5.74) is 11.5. The summed E-state index contributed by atoms with van der Waals surface area (Å²) in [6, 6.07) is 40.8. The third-order valence-electron chi connectivity index (χ3n) is 9.61. The number of hydrogen-bond donors (Lipinski definition) is 0. The smallest absolute Gasteiger partial charge is 0.120 e.